The number of nitrogens with one attached hydrogen (secondary N) is 1. The van der Waals surface area contributed by atoms with E-state index in [-0.39, 0.29) is 0 Å². The SMILES string of the molecule is N#Cc1cccc(CNCCCOC2CCCC2)c1. The monoisotopic (exact) mass is 258 g/mol. The summed E-state index contributed by atoms with van der Waals surface area (Å²) in [4.78, 5) is 0. The first-order valence-electron chi connectivity index (χ1n) is 7.20. The molecule has 1 aromatic carbocycles. The fraction of sp³-hybridized carbons (Fsp3) is 0.562. The van der Waals surface area contributed by atoms with Crippen molar-refractivity contribution in [3.8, 4) is 6.07 Å². The van der Waals surface area contributed by atoms with E-state index in [1.807, 2.05) is 24.3 Å². The zero-order chi connectivity index (χ0) is 13.3. The lowest BCUT2D eigenvalue weighted by atomic mass is 10.1. The molecule has 2 rings (SSSR count). The fourth-order valence-corrected chi connectivity index (χ4v) is 2.49. The normalized spacial score (nSPS) is 15.5. The zero-order valence-corrected chi connectivity index (χ0v) is 11.4. The van der Waals surface area contributed by atoms with E-state index in [2.05, 4.69) is 11.4 Å². The van der Waals surface area contributed by atoms with E-state index in [1.165, 1.54) is 25.7 Å². The van der Waals surface area contributed by atoms with E-state index in [0.717, 1.165) is 37.2 Å². The van der Waals surface area contributed by atoms with E-state index in [0.29, 0.717) is 6.10 Å². The van der Waals surface area contributed by atoms with Crippen LogP contribution >= 0.6 is 0 Å². The topological polar surface area (TPSA) is 45.0 Å². The van der Waals surface area contributed by atoms with E-state index < -0.39 is 0 Å². The van der Waals surface area contributed by atoms with Gasteiger partial charge in [0.05, 0.1) is 17.7 Å². The molecule has 0 radical (unpaired) electrons. The zero-order valence-electron chi connectivity index (χ0n) is 11.4. The molecule has 0 heterocycles. The molecule has 3 nitrogen and oxygen atoms in total. The van der Waals surface area contributed by atoms with Gasteiger partial charge in [-0.15, -0.1) is 0 Å². The lowest BCUT2D eigenvalue weighted by Gasteiger charge is -2.11. The smallest absolute Gasteiger partial charge is 0.0991 e. The third-order valence-corrected chi connectivity index (χ3v) is 3.54. The Bertz CT molecular complexity index is 419. The number of nitriles is 1. The number of hydrogen-bond acceptors (Lipinski definition) is 3. The second-order valence-corrected chi connectivity index (χ2v) is 5.12. The maximum absolute atomic E-state index is 8.82. The Kier molecular flexibility index (Phi) is 5.87. The van der Waals surface area contributed by atoms with Gasteiger partial charge in [-0.3, -0.25) is 0 Å². The minimum atomic E-state index is 0.521. The van der Waals surface area contributed by atoms with Gasteiger partial charge in [0.25, 0.3) is 0 Å². The van der Waals surface area contributed by atoms with Crippen LogP contribution in [0.1, 0.15) is 43.2 Å². The van der Waals surface area contributed by atoms with Crippen molar-refractivity contribution < 1.29 is 4.74 Å². The van der Waals surface area contributed by atoms with Crippen LogP contribution < -0.4 is 5.32 Å². The molecule has 1 aromatic rings. The van der Waals surface area contributed by atoms with E-state index in [9.17, 15) is 0 Å². The summed E-state index contributed by atoms with van der Waals surface area (Å²) in [5, 5.41) is 12.2. The molecule has 1 fully saturated rings. The molecule has 102 valence electrons. The second-order valence-electron chi connectivity index (χ2n) is 5.12. The van der Waals surface area contributed by atoms with Crippen molar-refractivity contribution in [1.29, 1.82) is 5.26 Å². The predicted octanol–water partition coefficient (Wildman–Crippen LogP) is 3.00. The molecule has 0 aromatic heterocycles. The van der Waals surface area contributed by atoms with Gasteiger partial charge in [-0.2, -0.15) is 5.26 Å². The summed E-state index contributed by atoms with van der Waals surface area (Å²) in [6.07, 6.45) is 6.72. The Balaban J connectivity index is 1.55. The van der Waals surface area contributed by atoms with Gasteiger partial charge in [0, 0.05) is 13.2 Å². The molecule has 3 heteroatoms. The highest BCUT2D eigenvalue weighted by Crippen LogP contribution is 2.20. The predicted molar refractivity (Wildman–Crippen MR) is 75.7 cm³/mol. The molecule has 1 aliphatic rings. The van der Waals surface area contributed by atoms with Gasteiger partial charge in [0.1, 0.15) is 0 Å². The van der Waals surface area contributed by atoms with Gasteiger partial charge in [-0.05, 0) is 43.5 Å². The third kappa shape index (κ3) is 5.02. The van der Waals surface area contributed by atoms with Crippen LogP contribution in [-0.2, 0) is 11.3 Å². The molecular formula is C16H22N2O. The lowest BCUT2D eigenvalue weighted by Crippen LogP contribution is -2.18. The van der Waals surface area contributed by atoms with Crippen molar-refractivity contribution in [3.05, 3.63) is 35.4 Å². The summed E-state index contributed by atoms with van der Waals surface area (Å²) in [6.45, 7) is 2.64. The van der Waals surface area contributed by atoms with Crippen LogP contribution in [0.2, 0.25) is 0 Å². The summed E-state index contributed by atoms with van der Waals surface area (Å²) in [7, 11) is 0. The molecule has 1 aliphatic carbocycles. The van der Waals surface area contributed by atoms with Crippen molar-refractivity contribution in [1.82, 2.24) is 5.32 Å². The minimum Gasteiger partial charge on any atom is -0.378 e. The van der Waals surface area contributed by atoms with Crippen LogP contribution in [0.5, 0.6) is 0 Å². The summed E-state index contributed by atoms with van der Waals surface area (Å²) >= 11 is 0. The Hall–Kier alpha value is -1.37. The van der Waals surface area contributed by atoms with Crippen molar-refractivity contribution >= 4 is 0 Å². The lowest BCUT2D eigenvalue weighted by molar-refractivity contribution is 0.0568. The highest BCUT2D eigenvalue weighted by atomic mass is 16.5. The first kappa shape index (κ1) is 14.0. The van der Waals surface area contributed by atoms with Crippen LogP contribution in [0.3, 0.4) is 0 Å². The first-order valence-corrected chi connectivity index (χ1v) is 7.20. The molecule has 19 heavy (non-hydrogen) atoms. The van der Waals surface area contributed by atoms with Crippen LogP contribution in [0.25, 0.3) is 0 Å². The van der Waals surface area contributed by atoms with Crippen LogP contribution in [-0.4, -0.2) is 19.3 Å². The molecular weight excluding hydrogens is 236 g/mol. The Morgan fingerprint density at radius 1 is 1.32 bits per heavy atom. The number of ether oxygens (including phenoxy) is 1. The highest BCUT2D eigenvalue weighted by Gasteiger charge is 2.14. The standard InChI is InChI=1S/C16H22N2O/c17-12-14-5-3-6-15(11-14)13-18-9-4-10-19-16-7-1-2-8-16/h3,5-6,11,16,18H,1-2,4,7-10,13H2. The largest absolute Gasteiger partial charge is 0.378 e. The summed E-state index contributed by atoms with van der Waals surface area (Å²) in [5.74, 6) is 0. The second kappa shape index (κ2) is 7.93. The molecule has 1 N–H and O–H groups in total. The third-order valence-electron chi connectivity index (χ3n) is 3.54. The van der Waals surface area contributed by atoms with E-state index in [4.69, 9.17) is 10.00 Å². The number of nitrogens with zero attached hydrogens (tertiary/aromatic N) is 1. The van der Waals surface area contributed by atoms with Crippen molar-refractivity contribution in [2.75, 3.05) is 13.2 Å². The van der Waals surface area contributed by atoms with E-state index >= 15 is 0 Å². The minimum absolute atomic E-state index is 0.521. The van der Waals surface area contributed by atoms with E-state index in [1.54, 1.807) is 0 Å². The molecule has 1 saturated carbocycles. The van der Waals surface area contributed by atoms with Crippen molar-refractivity contribution in [2.24, 2.45) is 0 Å². The molecule has 0 unspecified atom stereocenters. The van der Waals surface area contributed by atoms with Crippen molar-refractivity contribution in [2.45, 2.75) is 44.8 Å². The quantitative estimate of drug-likeness (QED) is 0.765. The number of rotatable bonds is 7. The summed E-state index contributed by atoms with van der Waals surface area (Å²) < 4.78 is 5.81. The van der Waals surface area contributed by atoms with Gasteiger partial charge in [-0.25, -0.2) is 0 Å². The molecule has 0 spiro atoms. The summed E-state index contributed by atoms with van der Waals surface area (Å²) in [6, 6.07) is 9.90. The maximum atomic E-state index is 8.82. The number of benzene rings is 1. The van der Waals surface area contributed by atoms with Crippen molar-refractivity contribution in [3.63, 3.8) is 0 Å². The van der Waals surface area contributed by atoms with Gasteiger partial charge in [0.2, 0.25) is 0 Å². The van der Waals surface area contributed by atoms with Crippen LogP contribution in [0.4, 0.5) is 0 Å². The Morgan fingerprint density at radius 2 is 2.16 bits per heavy atom. The molecule has 0 atom stereocenters. The van der Waals surface area contributed by atoms with Gasteiger partial charge in [0.15, 0.2) is 0 Å². The van der Waals surface area contributed by atoms with Crippen LogP contribution in [0, 0.1) is 11.3 Å². The molecule has 0 aliphatic heterocycles. The summed E-state index contributed by atoms with van der Waals surface area (Å²) in [5.41, 5.74) is 1.89. The van der Waals surface area contributed by atoms with Crippen LogP contribution in [0.15, 0.2) is 24.3 Å². The molecule has 0 saturated heterocycles. The average Bonchev–Trinajstić information content (AvgIpc) is 2.96. The first-order chi connectivity index (χ1) is 9.38. The highest BCUT2D eigenvalue weighted by molar-refractivity contribution is 5.32. The fourth-order valence-electron chi connectivity index (χ4n) is 2.49. The van der Waals surface area contributed by atoms with Gasteiger partial charge >= 0.3 is 0 Å². The van der Waals surface area contributed by atoms with Gasteiger partial charge in [-0.1, -0.05) is 25.0 Å². The van der Waals surface area contributed by atoms with Gasteiger partial charge < -0.3 is 10.1 Å². The maximum Gasteiger partial charge on any atom is 0.0991 e. The average molecular weight is 258 g/mol. The molecule has 0 amide bonds. The Morgan fingerprint density at radius 3 is 2.95 bits per heavy atom. The molecule has 0 bridgehead atoms. The Labute approximate surface area is 115 Å². The number of hydrogen-bond donors (Lipinski definition) is 1.